The summed E-state index contributed by atoms with van der Waals surface area (Å²) in [6, 6.07) is 9.11. The molecular weight excluding hydrogens is 202 g/mol. The van der Waals surface area contributed by atoms with Crippen molar-refractivity contribution < 1.29 is 4.79 Å². The average molecular weight is 213 g/mol. The number of nitrogens with one attached hydrogen (secondary N) is 1. The Bertz CT molecular complexity index is 549. The highest BCUT2D eigenvalue weighted by molar-refractivity contribution is 5.97. The number of benzene rings is 1. The summed E-state index contributed by atoms with van der Waals surface area (Å²) in [5.74, 6) is -0.219. The van der Waals surface area contributed by atoms with Gasteiger partial charge >= 0.3 is 0 Å². The Hall–Kier alpha value is -2.23. The van der Waals surface area contributed by atoms with E-state index in [1.165, 1.54) is 6.21 Å². The number of amides is 1. The molecule has 1 aromatic heterocycles. The van der Waals surface area contributed by atoms with Crippen LogP contribution in [0, 0.1) is 0 Å². The summed E-state index contributed by atoms with van der Waals surface area (Å²) in [5, 5.41) is 4.63. The Labute approximate surface area is 93.0 Å². The van der Waals surface area contributed by atoms with Gasteiger partial charge in [0.15, 0.2) is 0 Å². The molecule has 4 heteroatoms. The number of aromatic nitrogens is 1. The number of carbonyl (C=O) groups excluding carboxylic acids is 1. The van der Waals surface area contributed by atoms with Crippen molar-refractivity contribution in [3.8, 4) is 0 Å². The van der Waals surface area contributed by atoms with Gasteiger partial charge in [0.05, 0.1) is 5.52 Å². The van der Waals surface area contributed by atoms with E-state index in [1.54, 1.807) is 25.3 Å². The number of pyridine rings is 1. The van der Waals surface area contributed by atoms with Crippen LogP contribution in [0.5, 0.6) is 0 Å². The first-order chi connectivity index (χ1) is 7.81. The summed E-state index contributed by atoms with van der Waals surface area (Å²) < 4.78 is 0. The van der Waals surface area contributed by atoms with Gasteiger partial charge in [0.25, 0.3) is 5.91 Å². The lowest BCUT2D eigenvalue weighted by molar-refractivity contribution is 0.0955. The molecule has 0 fully saturated rings. The lowest BCUT2D eigenvalue weighted by atomic mass is 10.1. The van der Waals surface area contributed by atoms with Gasteiger partial charge < -0.3 is 0 Å². The maximum absolute atomic E-state index is 11.6. The highest BCUT2D eigenvalue weighted by atomic mass is 16.2. The monoisotopic (exact) mass is 213 g/mol. The molecule has 0 atom stereocenters. The van der Waals surface area contributed by atoms with Crippen LogP contribution in [0.25, 0.3) is 10.9 Å². The van der Waals surface area contributed by atoms with Crippen LogP contribution in [0.15, 0.2) is 41.6 Å². The molecule has 1 N–H and O–H groups in total. The van der Waals surface area contributed by atoms with Crippen molar-refractivity contribution in [3.63, 3.8) is 0 Å². The van der Waals surface area contributed by atoms with Gasteiger partial charge in [0.1, 0.15) is 0 Å². The average Bonchev–Trinajstić information content (AvgIpc) is 2.35. The van der Waals surface area contributed by atoms with Crippen LogP contribution in [0.3, 0.4) is 0 Å². The van der Waals surface area contributed by atoms with Crippen LogP contribution >= 0.6 is 0 Å². The van der Waals surface area contributed by atoms with E-state index in [1.807, 2.05) is 18.2 Å². The molecule has 1 amide bonds. The first kappa shape index (κ1) is 10.3. The molecule has 0 aliphatic carbocycles. The molecule has 0 unspecified atom stereocenters. The molecule has 2 rings (SSSR count). The third-order valence-electron chi connectivity index (χ3n) is 2.16. The van der Waals surface area contributed by atoms with Gasteiger partial charge in [-0.2, -0.15) is 5.10 Å². The summed E-state index contributed by atoms with van der Waals surface area (Å²) in [6.07, 6.45) is 3.25. The number of carbonyl (C=O) groups is 1. The second-order valence-electron chi connectivity index (χ2n) is 3.24. The van der Waals surface area contributed by atoms with Crippen LogP contribution in [0.2, 0.25) is 0 Å². The number of nitrogens with zero attached hydrogens (tertiary/aromatic N) is 2. The van der Waals surface area contributed by atoms with E-state index in [0.29, 0.717) is 5.56 Å². The smallest absolute Gasteiger partial charge is 0.267 e. The number of hydrogen-bond acceptors (Lipinski definition) is 3. The van der Waals surface area contributed by atoms with Crippen LogP contribution in [0.1, 0.15) is 17.3 Å². The molecule has 0 radical (unpaired) electrons. The van der Waals surface area contributed by atoms with E-state index >= 15 is 0 Å². The third-order valence-corrected chi connectivity index (χ3v) is 2.16. The van der Waals surface area contributed by atoms with E-state index < -0.39 is 0 Å². The van der Waals surface area contributed by atoms with Gasteiger partial charge in [0.2, 0.25) is 0 Å². The summed E-state index contributed by atoms with van der Waals surface area (Å²) in [5.41, 5.74) is 3.87. The molecule has 1 aromatic carbocycles. The molecule has 0 saturated carbocycles. The van der Waals surface area contributed by atoms with Crippen LogP contribution in [-0.2, 0) is 0 Å². The van der Waals surface area contributed by atoms with Crippen molar-refractivity contribution >= 4 is 23.0 Å². The summed E-state index contributed by atoms with van der Waals surface area (Å²) >= 11 is 0. The summed E-state index contributed by atoms with van der Waals surface area (Å²) in [4.78, 5) is 15.8. The number of hydrogen-bond donors (Lipinski definition) is 1. The predicted octanol–water partition coefficient (Wildman–Crippen LogP) is 1.97. The van der Waals surface area contributed by atoms with E-state index in [-0.39, 0.29) is 5.91 Å². The molecule has 80 valence electrons. The van der Waals surface area contributed by atoms with Crippen LogP contribution in [-0.4, -0.2) is 17.1 Å². The Morgan fingerprint density at radius 2 is 2.31 bits per heavy atom. The molecular formula is C12H11N3O. The minimum atomic E-state index is -0.219. The molecule has 0 bridgehead atoms. The van der Waals surface area contributed by atoms with Crippen LogP contribution < -0.4 is 5.43 Å². The molecule has 0 aliphatic heterocycles. The van der Waals surface area contributed by atoms with Gasteiger partial charge in [0, 0.05) is 23.4 Å². The highest BCUT2D eigenvalue weighted by Gasteiger charge is 2.04. The molecule has 16 heavy (non-hydrogen) atoms. The normalized spacial score (nSPS) is 10.8. The van der Waals surface area contributed by atoms with E-state index in [9.17, 15) is 4.79 Å². The molecule has 0 saturated heterocycles. The van der Waals surface area contributed by atoms with E-state index in [4.69, 9.17) is 0 Å². The van der Waals surface area contributed by atoms with Gasteiger partial charge in [-0.3, -0.25) is 9.78 Å². The Kier molecular flexibility index (Phi) is 2.91. The molecule has 2 aromatic rings. The Balaban J connectivity index is 2.35. The minimum absolute atomic E-state index is 0.219. The topological polar surface area (TPSA) is 54.4 Å². The Morgan fingerprint density at radius 1 is 1.44 bits per heavy atom. The zero-order valence-corrected chi connectivity index (χ0v) is 8.84. The fourth-order valence-electron chi connectivity index (χ4n) is 1.40. The largest absolute Gasteiger partial charge is 0.271 e. The summed E-state index contributed by atoms with van der Waals surface area (Å²) in [6.45, 7) is 1.74. The highest BCUT2D eigenvalue weighted by Crippen LogP contribution is 2.13. The molecule has 0 aliphatic rings. The number of fused-ring (bicyclic) bond motifs is 1. The lowest BCUT2D eigenvalue weighted by Crippen LogP contribution is -2.17. The van der Waals surface area contributed by atoms with Crippen molar-refractivity contribution in [1.82, 2.24) is 10.4 Å². The molecule has 1 heterocycles. The van der Waals surface area contributed by atoms with Crippen molar-refractivity contribution in [2.24, 2.45) is 5.10 Å². The van der Waals surface area contributed by atoms with Gasteiger partial charge in [-0.25, -0.2) is 5.43 Å². The van der Waals surface area contributed by atoms with Gasteiger partial charge in [-0.15, -0.1) is 0 Å². The first-order valence-electron chi connectivity index (χ1n) is 4.94. The fourth-order valence-corrected chi connectivity index (χ4v) is 1.40. The lowest BCUT2D eigenvalue weighted by Gasteiger charge is -2.01. The van der Waals surface area contributed by atoms with Crippen molar-refractivity contribution in [2.45, 2.75) is 6.92 Å². The standard InChI is InChI=1S/C12H11N3O/c1-2-14-15-12(16)10-5-6-11-9(8-10)4-3-7-13-11/h2-8H,1H3,(H,15,16)/b14-2-. The Morgan fingerprint density at radius 3 is 3.12 bits per heavy atom. The zero-order chi connectivity index (χ0) is 11.4. The third kappa shape index (κ3) is 2.06. The minimum Gasteiger partial charge on any atom is -0.267 e. The van der Waals surface area contributed by atoms with Crippen molar-refractivity contribution in [2.75, 3.05) is 0 Å². The maximum atomic E-state index is 11.6. The first-order valence-corrected chi connectivity index (χ1v) is 4.94. The maximum Gasteiger partial charge on any atom is 0.271 e. The summed E-state index contributed by atoms with van der Waals surface area (Å²) in [7, 11) is 0. The van der Waals surface area contributed by atoms with Gasteiger partial charge in [-0.1, -0.05) is 6.07 Å². The molecule has 4 nitrogen and oxygen atoms in total. The number of rotatable bonds is 2. The zero-order valence-electron chi connectivity index (χ0n) is 8.84. The SMILES string of the molecule is C/C=N\NC(=O)c1ccc2ncccc2c1. The van der Waals surface area contributed by atoms with E-state index in [2.05, 4.69) is 15.5 Å². The second kappa shape index (κ2) is 4.53. The van der Waals surface area contributed by atoms with E-state index in [0.717, 1.165) is 10.9 Å². The predicted molar refractivity (Wildman–Crippen MR) is 63.4 cm³/mol. The van der Waals surface area contributed by atoms with Gasteiger partial charge in [-0.05, 0) is 31.2 Å². The second-order valence-corrected chi connectivity index (χ2v) is 3.24. The quantitative estimate of drug-likeness (QED) is 0.612. The fraction of sp³-hybridized carbons (Fsp3) is 0.0833. The molecule has 0 spiro atoms. The number of hydrazone groups is 1. The van der Waals surface area contributed by atoms with Crippen molar-refractivity contribution in [1.29, 1.82) is 0 Å². The van der Waals surface area contributed by atoms with Crippen LogP contribution in [0.4, 0.5) is 0 Å². The van der Waals surface area contributed by atoms with Crippen molar-refractivity contribution in [3.05, 3.63) is 42.1 Å².